The van der Waals surface area contributed by atoms with E-state index in [2.05, 4.69) is 18.0 Å². The van der Waals surface area contributed by atoms with Crippen molar-refractivity contribution in [2.45, 2.75) is 26.3 Å². The molecule has 0 aliphatic carbocycles. The quantitative estimate of drug-likeness (QED) is 0.445. The van der Waals surface area contributed by atoms with Crippen molar-refractivity contribution in [3.63, 3.8) is 0 Å². The molecule has 0 bridgehead atoms. The molecule has 4 rings (SSSR count). The lowest BCUT2D eigenvalue weighted by molar-refractivity contribution is -0.118. The Morgan fingerprint density at radius 1 is 1.07 bits per heavy atom. The van der Waals surface area contributed by atoms with Crippen LogP contribution in [0.4, 0.5) is 9.52 Å². The Hall–Kier alpha value is -3.12. The Morgan fingerprint density at radius 3 is 2.62 bits per heavy atom. The number of aryl methyl sites for hydroxylation is 1. The summed E-state index contributed by atoms with van der Waals surface area (Å²) in [5.41, 5.74) is 3.65. The van der Waals surface area contributed by atoms with E-state index in [1.807, 2.05) is 30.3 Å². The molecule has 29 heavy (non-hydrogen) atoms. The molecule has 0 saturated carbocycles. The number of thiazole rings is 1. The Kier molecular flexibility index (Phi) is 5.62. The van der Waals surface area contributed by atoms with Gasteiger partial charge in [-0.25, -0.2) is 9.37 Å². The summed E-state index contributed by atoms with van der Waals surface area (Å²) in [6.07, 6.45) is 2.76. The van der Waals surface area contributed by atoms with Crippen LogP contribution in [0.25, 0.3) is 10.2 Å². The van der Waals surface area contributed by atoms with Crippen molar-refractivity contribution in [2.24, 2.45) is 0 Å². The van der Waals surface area contributed by atoms with Gasteiger partial charge in [0.15, 0.2) is 5.13 Å². The second-order valence-electron chi connectivity index (χ2n) is 6.72. The number of carbonyl (C=O) groups is 1. The fourth-order valence-electron chi connectivity index (χ4n) is 3.18. The van der Waals surface area contributed by atoms with Crippen molar-refractivity contribution in [1.82, 2.24) is 9.97 Å². The van der Waals surface area contributed by atoms with Crippen LogP contribution in [0.15, 0.2) is 66.9 Å². The predicted octanol–water partition coefficient (Wildman–Crippen LogP) is 5.17. The number of halogens is 1. The summed E-state index contributed by atoms with van der Waals surface area (Å²) in [5, 5.41) is 0.652. The fraction of sp³-hybridized carbons (Fsp3) is 0.174. The zero-order valence-electron chi connectivity index (χ0n) is 16.0. The molecule has 0 unspecified atom stereocenters. The Labute approximate surface area is 172 Å². The van der Waals surface area contributed by atoms with Gasteiger partial charge in [0, 0.05) is 6.20 Å². The first-order valence-electron chi connectivity index (χ1n) is 9.47. The van der Waals surface area contributed by atoms with Gasteiger partial charge in [-0.05, 0) is 47.9 Å². The predicted molar refractivity (Wildman–Crippen MR) is 115 cm³/mol. The van der Waals surface area contributed by atoms with Gasteiger partial charge >= 0.3 is 0 Å². The third-order valence-corrected chi connectivity index (χ3v) is 5.76. The van der Waals surface area contributed by atoms with Gasteiger partial charge in [0.25, 0.3) is 0 Å². The number of anilines is 1. The van der Waals surface area contributed by atoms with Crippen LogP contribution < -0.4 is 4.90 Å². The number of carbonyl (C=O) groups excluding carboxylic acids is 1. The lowest BCUT2D eigenvalue weighted by Gasteiger charge is -2.19. The number of hydrogen-bond acceptors (Lipinski definition) is 4. The first-order valence-corrected chi connectivity index (χ1v) is 10.3. The summed E-state index contributed by atoms with van der Waals surface area (Å²) in [6, 6.07) is 17.8. The first-order chi connectivity index (χ1) is 14.1. The van der Waals surface area contributed by atoms with Crippen molar-refractivity contribution in [3.8, 4) is 0 Å². The number of nitrogens with zero attached hydrogens (tertiary/aromatic N) is 3. The molecule has 0 fully saturated rings. The Balaban J connectivity index is 1.69. The van der Waals surface area contributed by atoms with Gasteiger partial charge in [-0.3, -0.25) is 14.7 Å². The molecule has 2 aromatic heterocycles. The molecule has 2 heterocycles. The molecular weight excluding hydrogens is 385 g/mol. The number of hydrogen-bond donors (Lipinski definition) is 0. The zero-order chi connectivity index (χ0) is 20.2. The van der Waals surface area contributed by atoms with Crippen LogP contribution in [-0.4, -0.2) is 15.9 Å². The van der Waals surface area contributed by atoms with Gasteiger partial charge in [-0.15, -0.1) is 0 Å². The summed E-state index contributed by atoms with van der Waals surface area (Å²) >= 11 is 1.50. The van der Waals surface area contributed by atoms with Crippen molar-refractivity contribution in [1.29, 1.82) is 0 Å². The standard InChI is InChI=1S/C23H20FN3OS/c1-2-17-6-5-8-20-22(17)26-23(29-20)27(15-19-7-3-4-13-25-19)21(28)14-16-9-11-18(24)12-10-16/h3-13H,2,14-15H2,1H3. The normalized spacial score (nSPS) is 11.0. The van der Waals surface area contributed by atoms with E-state index in [1.165, 1.54) is 23.5 Å². The minimum atomic E-state index is -0.315. The van der Waals surface area contributed by atoms with Gasteiger partial charge in [0.1, 0.15) is 5.82 Å². The van der Waals surface area contributed by atoms with E-state index in [1.54, 1.807) is 23.2 Å². The molecule has 0 radical (unpaired) electrons. The number of benzene rings is 2. The maximum atomic E-state index is 13.2. The smallest absolute Gasteiger partial charge is 0.233 e. The molecule has 4 aromatic rings. The molecule has 1 amide bonds. The van der Waals surface area contributed by atoms with Crippen LogP contribution in [-0.2, 0) is 24.2 Å². The fourth-order valence-corrected chi connectivity index (χ4v) is 4.21. The molecule has 0 atom stereocenters. The van der Waals surface area contributed by atoms with Crippen molar-refractivity contribution in [3.05, 3.63) is 89.5 Å². The second kappa shape index (κ2) is 8.49. The molecule has 4 nitrogen and oxygen atoms in total. The van der Waals surface area contributed by atoms with E-state index in [4.69, 9.17) is 4.98 Å². The molecule has 0 aliphatic rings. The largest absolute Gasteiger partial charge is 0.282 e. The minimum absolute atomic E-state index is 0.0978. The number of pyridine rings is 1. The molecular formula is C23H20FN3OS. The van der Waals surface area contributed by atoms with E-state index in [9.17, 15) is 9.18 Å². The maximum absolute atomic E-state index is 13.2. The second-order valence-corrected chi connectivity index (χ2v) is 7.73. The number of fused-ring (bicyclic) bond motifs is 1. The van der Waals surface area contributed by atoms with Gasteiger partial charge in [-0.1, -0.05) is 48.6 Å². The average Bonchev–Trinajstić information content (AvgIpc) is 3.18. The van der Waals surface area contributed by atoms with E-state index >= 15 is 0 Å². The number of amides is 1. The molecule has 6 heteroatoms. The average molecular weight is 405 g/mol. The minimum Gasteiger partial charge on any atom is -0.282 e. The zero-order valence-corrected chi connectivity index (χ0v) is 16.8. The Bertz CT molecular complexity index is 1130. The topological polar surface area (TPSA) is 46.1 Å². The molecule has 0 aliphatic heterocycles. The molecule has 0 spiro atoms. The van der Waals surface area contributed by atoms with Crippen LogP contribution in [0.2, 0.25) is 0 Å². The highest BCUT2D eigenvalue weighted by molar-refractivity contribution is 7.22. The molecule has 0 saturated heterocycles. The van der Waals surface area contributed by atoms with E-state index in [0.717, 1.165) is 33.5 Å². The third kappa shape index (κ3) is 4.32. The maximum Gasteiger partial charge on any atom is 0.233 e. The summed E-state index contributed by atoms with van der Waals surface area (Å²) in [6.45, 7) is 2.43. The summed E-state index contributed by atoms with van der Waals surface area (Å²) < 4.78 is 14.3. The van der Waals surface area contributed by atoms with E-state index in [0.29, 0.717) is 11.7 Å². The van der Waals surface area contributed by atoms with Crippen LogP contribution >= 0.6 is 11.3 Å². The molecule has 0 N–H and O–H groups in total. The summed E-state index contributed by atoms with van der Waals surface area (Å²) in [7, 11) is 0. The highest BCUT2D eigenvalue weighted by atomic mass is 32.1. The lowest BCUT2D eigenvalue weighted by atomic mass is 10.1. The number of rotatable bonds is 6. The van der Waals surface area contributed by atoms with Gasteiger partial charge in [-0.2, -0.15) is 0 Å². The monoisotopic (exact) mass is 405 g/mol. The van der Waals surface area contributed by atoms with Crippen molar-refractivity contribution < 1.29 is 9.18 Å². The van der Waals surface area contributed by atoms with Crippen LogP contribution in [0.5, 0.6) is 0 Å². The third-order valence-electron chi connectivity index (χ3n) is 4.72. The van der Waals surface area contributed by atoms with E-state index < -0.39 is 0 Å². The SMILES string of the molecule is CCc1cccc2sc(N(Cc3ccccn3)C(=O)Cc3ccc(F)cc3)nc12. The van der Waals surface area contributed by atoms with Crippen LogP contribution in [0.3, 0.4) is 0 Å². The lowest BCUT2D eigenvalue weighted by Crippen LogP contribution is -2.32. The summed E-state index contributed by atoms with van der Waals surface area (Å²) in [5.74, 6) is -0.413. The van der Waals surface area contributed by atoms with Gasteiger partial charge < -0.3 is 0 Å². The highest BCUT2D eigenvalue weighted by Gasteiger charge is 2.21. The summed E-state index contributed by atoms with van der Waals surface area (Å²) in [4.78, 5) is 24.0. The number of aromatic nitrogens is 2. The van der Waals surface area contributed by atoms with Crippen molar-refractivity contribution >= 4 is 32.6 Å². The van der Waals surface area contributed by atoms with Gasteiger partial charge in [0.2, 0.25) is 5.91 Å². The van der Waals surface area contributed by atoms with E-state index in [-0.39, 0.29) is 18.1 Å². The Morgan fingerprint density at radius 2 is 1.90 bits per heavy atom. The molecule has 2 aromatic carbocycles. The van der Waals surface area contributed by atoms with Crippen molar-refractivity contribution in [2.75, 3.05) is 4.90 Å². The molecule has 146 valence electrons. The highest BCUT2D eigenvalue weighted by Crippen LogP contribution is 2.32. The van der Waals surface area contributed by atoms with Crippen LogP contribution in [0.1, 0.15) is 23.7 Å². The van der Waals surface area contributed by atoms with Gasteiger partial charge in [0.05, 0.1) is 28.9 Å². The first kappa shape index (κ1) is 19.2. The number of para-hydroxylation sites is 1. The van der Waals surface area contributed by atoms with Crippen LogP contribution in [0, 0.1) is 5.82 Å².